The number of aryl methyl sites for hydroxylation is 1. The van der Waals surface area contributed by atoms with E-state index in [1.54, 1.807) is 0 Å². The molecule has 0 radical (unpaired) electrons. The van der Waals surface area contributed by atoms with Gasteiger partial charge in [-0.05, 0) is 36.8 Å². The van der Waals surface area contributed by atoms with Crippen molar-refractivity contribution in [2.45, 2.75) is 19.4 Å². The first-order chi connectivity index (χ1) is 6.75. The summed E-state index contributed by atoms with van der Waals surface area (Å²) in [5.41, 5.74) is 9.03. The lowest BCUT2D eigenvalue weighted by atomic mass is 10.1. The Morgan fingerprint density at radius 1 is 1.50 bits per heavy atom. The Morgan fingerprint density at radius 3 is 3.00 bits per heavy atom. The van der Waals surface area contributed by atoms with E-state index in [1.807, 2.05) is 24.8 Å². The summed E-state index contributed by atoms with van der Waals surface area (Å²) in [7, 11) is 0. The van der Waals surface area contributed by atoms with Gasteiger partial charge in [0.25, 0.3) is 0 Å². The van der Waals surface area contributed by atoms with Crippen molar-refractivity contribution in [1.29, 1.82) is 0 Å². The molecule has 1 saturated heterocycles. The molecule has 1 aliphatic heterocycles. The molecular weight excluding hydrogens is 192 g/mol. The summed E-state index contributed by atoms with van der Waals surface area (Å²) < 4.78 is 0. The molecule has 0 aromatic heterocycles. The molecule has 0 aliphatic carbocycles. The zero-order valence-electron chi connectivity index (χ0n) is 8.42. The van der Waals surface area contributed by atoms with Crippen LogP contribution in [0.4, 0.5) is 11.4 Å². The number of nitrogen functional groups attached to an aromatic ring is 1. The molecule has 0 bridgehead atoms. The van der Waals surface area contributed by atoms with Gasteiger partial charge in [-0.3, -0.25) is 0 Å². The maximum absolute atomic E-state index is 5.85. The smallest absolute Gasteiger partial charge is 0.0364 e. The first-order valence-electron chi connectivity index (χ1n) is 4.96. The van der Waals surface area contributed by atoms with Crippen LogP contribution in [-0.2, 0) is 0 Å². The Labute approximate surface area is 89.3 Å². The third-order valence-corrected chi connectivity index (χ3v) is 3.74. The van der Waals surface area contributed by atoms with Crippen LogP contribution >= 0.6 is 11.8 Å². The minimum absolute atomic E-state index is 0.627. The van der Waals surface area contributed by atoms with Crippen molar-refractivity contribution in [1.82, 2.24) is 0 Å². The lowest BCUT2D eigenvalue weighted by Gasteiger charge is -2.13. The highest BCUT2D eigenvalue weighted by Gasteiger charge is 2.14. The quantitative estimate of drug-likeness (QED) is 0.733. The van der Waals surface area contributed by atoms with Crippen LogP contribution in [0.5, 0.6) is 0 Å². The molecule has 1 heterocycles. The molecule has 1 fully saturated rings. The van der Waals surface area contributed by atoms with Crippen molar-refractivity contribution in [3.8, 4) is 0 Å². The summed E-state index contributed by atoms with van der Waals surface area (Å²) >= 11 is 2.02. The Bertz CT molecular complexity index is 319. The first-order valence-corrected chi connectivity index (χ1v) is 6.11. The van der Waals surface area contributed by atoms with Gasteiger partial charge in [0.15, 0.2) is 0 Å². The van der Waals surface area contributed by atoms with Crippen molar-refractivity contribution in [2.75, 3.05) is 22.6 Å². The predicted molar refractivity (Wildman–Crippen MR) is 64.9 cm³/mol. The lowest BCUT2D eigenvalue weighted by molar-refractivity contribution is 0.813. The summed E-state index contributed by atoms with van der Waals surface area (Å²) in [4.78, 5) is 0. The third-order valence-electron chi connectivity index (χ3n) is 2.58. The maximum atomic E-state index is 5.85. The van der Waals surface area contributed by atoms with Crippen LogP contribution < -0.4 is 11.1 Å². The molecule has 1 aliphatic rings. The van der Waals surface area contributed by atoms with Crippen LogP contribution in [0, 0.1) is 6.92 Å². The molecule has 3 N–H and O–H groups in total. The minimum atomic E-state index is 0.627. The van der Waals surface area contributed by atoms with Gasteiger partial charge in [0.05, 0.1) is 0 Å². The van der Waals surface area contributed by atoms with Gasteiger partial charge in [0.2, 0.25) is 0 Å². The molecule has 1 aromatic carbocycles. The number of hydrogen-bond donors (Lipinski definition) is 2. The predicted octanol–water partition coefficient (Wildman–Crippen LogP) is 2.49. The van der Waals surface area contributed by atoms with E-state index in [2.05, 4.69) is 17.4 Å². The van der Waals surface area contributed by atoms with Gasteiger partial charge in [-0.25, -0.2) is 0 Å². The monoisotopic (exact) mass is 208 g/mol. The summed E-state index contributed by atoms with van der Waals surface area (Å²) in [6.07, 6.45) is 1.26. The molecule has 1 aromatic rings. The number of hydrogen-bond acceptors (Lipinski definition) is 3. The Kier molecular flexibility index (Phi) is 2.87. The number of nitrogens with one attached hydrogen (secondary N) is 1. The Hall–Kier alpha value is -0.830. The largest absolute Gasteiger partial charge is 0.398 e. The van der Waals surface area contributed by atoms with Crippen molar-refractivity contribution in [3.63, 3.8) is 0 Å². The number of thioether (sulfide) groups is 1. The fourth-order valence-corrected chi connectivity index (χ4v) is 2.77. The van der Waals surface area contributed by atoms with Crippen LogP contribution in [0.25, 0.3) is 0 Å². The van der Waals surface area contributed by atoms with Crippen molar-refractivity contribution < 1.29 is 0 Å². The topological polar surface area (TPSA) is 38.0 Å². The summed E-state index contributed by atoms with van der Waals surface area (Å²) in [5.74, 6) is 2.49. The Morgan fingerprint density at radius 2 is 2.36 bits per heavy atom. The van der Waals surface area contributed by atoms with Crippen molar-refractivity contribution in [2.24, 2.45) is 0 Å². The third kappa shape index (κ3) is 2.15. The highest BCUT2D eigenvalue weighted by Crippen LogP contribution is 2.23. The van der Waals surface area contributed by atoms with Crippen LogP contribution in [0.3, 0.4) is 0 Å². The second-order valence-corrected chi connectivity index (χ2v) is 4.93. The number of anilines is 2. The SMILES string of the molecule is Cc1ccc(NC2CCSC2)cc1N. The van der Waals surface area contributed by atoms with Gasteiger partial charge >= 0.3 is 0 Å². The van der Waals surface area contributed by atoms with Gasteiger partial charge in [-0.2, -0.15) is 11.8 Å². The van der Waals surface area contributed by atoms with Gasteiger partial charge in [-0.1, -0.05) is 6.07 Å². The average molecular weight is 208 g/mol. The zero-order valence-corrected chi connectivity index (χ0v) is 9.23. The maximum Gasteiger partial charge on any atom is 0.0364 e. The number of nitrogens with two attached hydrogens (primary N) is 1. The Balaban J connectivity index is 2.05. The molecule has 0 saturated carbocycles. The van der Waals surface area contributed by atoms with Crippen LogP contribution in [0.15, 0.2) is 18.2 Å². The second kappa shape index (κ2) is 4.13. The molecule has 0 spiro atoms. The zero-order chi connectivity index (χ0) is 9.97. The highest BCUT2D eigenvalue weighted by atomic mass is 32.2. The average Bonchev–Trinajstić information content (AvgIpc) is 2.64. The molecule has 3 heteroatoms. The molecule has 1 atom stereocenters. The highest BCUT2D eigenvalue weighted by molar-refractivity contribution is 7.99. The summed E-state index contributed by atoms with van der Waals surface area (Å²) in [5, 5.41) is 3.51. The van der Waals surface area contributed by atoms with E-state index < -0.39 is 0 Å². The summed E-state index contributed by atoms with van der Waals surface area (Å²) in [6, 6.07) is 6.83. The van der Waals surface area contributed by atoms with Crippen LogP contribution in [0.1, 0.15) is 12.0 Å². The fourth-order valence-electron chi connectivity index (χ4n) is 1.61. The lowest BCUT2D eigenvalue weighted by Crippen LogP contribution is -2.18. The standard InChI is InChI=1S/C11H16N2S/c1-8-2-3-9(6-11(8)12)13-10-4-5-14-7-10/h2-3,6,10,13H,4-5,7,12H2,1H3. The number of rotatable bonds is 2. The van der Waals surface area contributed by atoms with E-state index in [9.17, 15) is 0 Å². The molecule has 1 unspecified atom stereocenters. The molecular formula is C11H16N2S. The van der Waals surface area contributed by atoms with E-state index in [0.717, 1.165) is 16.9 Å². The van der Waals surface area contributed by atoms with Gasteiger partial charge in [0, 0.05) is 23.2 Å². The van der Waals surface area contributed by atoms with E-state index in [1.165, 1.54) is 17.9 Å². The molecule has 0 amide bonds. The molecule has 2 rings (SSSR count). The number of benzene rings is 1. The van der Waals surface area contributed by atoms with Gasteiger partial charge in [-0.15, -0.1) is 0 Å². The summed E-state index contributed by atoms with van der Waals surface area (Å²) in [6.45, 7) is 2.03. The van der Waals surface area contributed by atoms with E-state index in [-0.39, 0.29) is 0 Å². The van der Waals surface area contributed by atoms with Crippen molar-refractivity contribution in [3.05, 3.63) is 23.8 Å². The van der Waals surface area contributed by atoms with Crippen molar-refractivity contribution >= 4 is 23.1 Å². The van der Waals surface area contributed by atoms with E-state index in [4.69, 9.17) is 5.73 Å². The molecule has 76 valence electrons. The fraction of sp³-hybridized carbons (Fsp3) is 0.455. The van der Waals surface area contributed by atoms with Gasteiger partial charge < -0.3 is 11.1 Å². The van der Waals surface area contributed by atoms with Gasteiger partial charge in [0.1, 0.15) is 0 Å². The molecule has 2 nitrogen and oxygen atoms in total. The van der Waals surface area contributed by atoms with E-state index >= 15 is 0 Å². The van der Waals surface area contributed by atoms with E-state index in [0.29, 0.717) is 6.04 Å². The van der Waals surface area contributed by atoms with Crippen LogP contribution in [0.2, 0.25) is 0 Å². The normalized spacial score (nSPS) is 21.1. The first kappa shape index (κ1) is 9.71. The second-order valence-electron chi connectivity index (χ2n) is 3.78. The molecule has 14 heavy (non-hydrogen) atoms. The minimum Gasteiger partial charge on any atom is -0.398 e. The van der Waals surface area contributed by atoms with Crippen LogP contribution in [-0.4, -0.2) is 17.5 Å².